The van der Waals surface area contributed by atoms with E-state index in [1.165, 1.54) is 0 Å². The summed E-state index contributed by atoms with van der Waals surface area (Å²) in [6.07, 6.45) is 3.15. The molecule has 1 atom stereocenters. The molecule has 138 valence electrons. The van der Waals surface area contributed by atoms with E-state index in [0.717, 1.165) is 22.3 Å². The average Bonchev–Trinajstić information content (AvgIpc) is 2.66. The second-order valence-corrected chi connectivity index (χ2v) is 7.36. The quantitative estimate of drug-likeness (QED) is 0.681. The van der Waals surface area contributed by atoms with Gasteiger partial charge >= 0.3 is 6.09 Å². The van der Waals surface area contributed by atoms with Crippen LogP contribution in [0.5, 0.6) is 0 Å². The van der Waals surface area contributed by atoms with Crippen molar-refractivity contribution in [2.24, 2.45) is 0 Å². The largest absolute Gasteiger partial charge is 0.444 e. The highest BCUT2D eigenvalue weighted by Gasteiger charge is 2.22. The number of carbonyl (C=O) groups excluding carboxylic acids is 1. The van der Waals surface area contributed by atoms with Crippen LogP contribution in [0, 0.1) is 0 Å². The molecule has 0 aliphatic carbocycles. The lowest BCUT2D eigenvalue weighted by atomic mass is 9.97. The van der Waals surface area contributed by atoms with Gasteiger partial charge in [-0.3, -0.25) is 4.98 Å². The Morgan fingerprint density at radius 3 is 2.15 bits per heavy atom. The van der Waals surface area contributed by atoms with E-state index in [9.17, 15) is 4.79 Å². The summed E-state index contributed by atoms with van der Waals surface area (Å²) in [7, 11) is 0. The summed E-state index contributed by atoms with van der Waals surface area (Å²) < 4.78 is 5.46. The Balaban J connectivity index is 1.95. The van der Waals surface area contributed by atoms with Crippen LogP contribution in [0.25, 0.3) is 11.1 Å². The molecule has 2 aromatic carbocycles. The summed E-state index contributed by atoms with van der Waals surface area (Å²) in [4.78, 5) is 16.8. The predicted molar refractivity (Wildman–Crippen MR) is 107 cm³/mol. The summed E-state index contributed by atoms with van der Waals surface area (Å²) in [5.74, 6) is 0. The molecule has 1 aromatic heterocycles. The van der Waals surface area contributed by atoms with Gasteiger partial charge < -0.3 is 10.1 Å². The van der Waals surface area contributed by atoms with Crippen LogP contribution in [0.2, 0.25) is 0 Å². The number of carbonyl (C=O) groups is 1. The maximum atomic E-state index is 12.4. The number of pyridine rings is 1. The molecule has 0 aliphatic rings. The number of hydrogen-bond acceptors (Lipinski definition) is 3. The van der Waals surface area contributed by atoms with Crippen LogP contribution >= 0.6 is 0 Å². The number of hydrogen-bond donors (Lipinski definition) is 1. The van der Waals surface area contributed by atoms with Crippen molar-refractivity contribution >= 4 is 6.09 Å². The molecule has 1 N–H and O–H groups in total. The highest BCUT2D eigenvalue weighted by Crippen LogP contribution is 2.26. The first-order valence-electron chi connectivity index (χ1n) is 8.97. The van der Waals surface area contributed by atoms with Gasteiger partial charge in [0.15, 0.2) is 0 Å². The minimum Gasteiger partial charge on any atom is -0.444 e. The Hall–Kier alpha value is -3.14. The van der Waals surface area contributed by atoms with Gasteiger partial charge in [0.2, 0.25) is 0 Å². The Morgan fingerprint density at radius 1 is 0.889 bits per heavy atom. The molecule has 27 heavy (non-hydrogen) atoms. The minimum atomic E-state index is -0.560. The van der Waals surface area contributed by atoms with E-state index in [1.54, 1.807) is 6.20 Å². The van der Waals surface area contributed by atoms with Crippen molar-refractivity contribution in [2.75, 3.05) is 0 Å². The SMILES string of the molecule is CC(C)(C)OC(=O)NC(c1ccccc1)c1cncc(-c2ccccc2)c1. The molecule has 1 heterocycles. The molecule has 3 aromatic rings. The second-order valence-electron chi connectivity index (χ2n) is 7.36. The third-order valence-electron chi connectivity index (χ3n) is 3.99. The van der Waals surface area contributed by atoms with Gasteiger partial charge in [0.05, 0.1) is 6.04 Å². The van der Waals surface area contributed by atoms with Crippen molar-refractivity contribution in [3.8, 4) is 11.1 Å². The van der Waals surface area contributed by atoms with E-state index < -0.39 is 11.7 Å². The number of benzene rings is 2. The number of alkyl carbamates (subject to hydrolysis) is 1. The molecule has 0 saturated carbocycles. The normalized spacial score (nSPS) is 12.3. The van der Waals surface area contributed by atoms with E-state index in [2.05, 4.69) is 16.4 Å². The van der Waals surface area contributed by atoms with Gasteiger partial charge in [-0.25, -0.2) is 4.79 Å². The molecule has 0 aliphatic heterocycles. The number of nitrogens with one attached hydrogen (secondary N) is 1. The van der Waals surface area contributed by atoms with Gasteiger partial charge in [-0.1, -0.05) is 60.7 Å². The van der Waals surface area contributed by atoms with Gasteiger partial charge in [-0.05, 0) is 43.5 Å². The zero-order chi connectivity index (χ0) is 19.3. The fourth-order valence-corrected chi connectivity index (χ4v) is 2.83. The maximum Gasteiger partial charge on any atom is 0.408 e. The first kappa shape index (κ1) is 18.6. The summed E-state index contributed by atoms with van der Waals surface area (Å²) in [6.45, 7) is 5.55. The fraction of sp³-hybridized carbons (Fsp3) is 0.217. The summed E-state index contributed by atoms with van der Waals surface area (Å²) in [5.41, 5.74) is 3.38. The van der Waals surface area contributed by atoms with Gasteiger partial charge in [-0.15, -0.1) is 0 Å². The first-order chi connectivity index (χ1) is 12.9. The van der Waals surface area contributed by atoms with Crippen LogP contribution in [0.3, 0.4) is 0 Å². The van der Waals surface area contributed by atoms with Gasteiger partial charge in [0, 0.05) is 18.0 Å². The smallest absolute Gasteiger partial charge is 0.408 e. The molecule has 3 rings (SSSR count). The highest BCUT2D eigenvalue weighted by molar-refractivity contribution is 5.70. The lowest BCUT2D eigenvalue weighted by molar-refractivity contribution is 0.0512. The van der Waals surface area contributed by atoms with Crippen molar-refractivity contribution in [2.45, 2.75) is 32.4 Å². The van der Waals surface area contributed by atoms with E-state index in [-0.39, 0.29) is 6.04 Å². The number of aromatic nitrogens is 1. The van der Waals surface area contributed by atoms with Crippen molar-refractivity contribution in [1.82, 2.24) is 10.3 Å². The van der Waals surface area contributed by atoms with Crippen LogP contribution < -0.4 is 5.32 Å². The van der Waals surface area contributed by atoms with Crippen molar-refractivity contribution in [3.63, 3.8) is 0 Å². The van der Waals surface area contributed by atoms with Crippen molar-refractivity contribution in [1.29, 1.82) is 0 Å². The Bertz CT molecular complexity index is 887. The Labute approximate surface area is 160 Å². The molecular formula is C23H24N2O2. The first-order valence-corrected chi connectivity index (χ1v) is 8.97. The lowest BCUT2D eigenvalue weighted by Gasteiger charge is -2.24. The molecule has 0 saturated heterocycles. The molecule has 4 nitrogen and oxygen atoms in total. The number of amides is 1. The average molecular weight is 360 g/mol. The Morgan fingerprint density at radius 2 is 1.52 bits per heavy atom. The molecule has 0 fully saturated rings. The number of ether oxygens (including phenoxy) is 1. The predicted octanol–water partition coefficient (Wildman–Crippen LogP) is 5.36. The topological polar surface area (TPSA) is 51.2 Å². The molecule has 4 heteroatoms. The monoisotopic (exact) mass is 360 g/mol. The van der Waals surface area contributed by atoms with Crippen LogP contribution in [0.1, 0.15) is 37.9 Å². The molecule has 0 bridgehead atoms. The summed E-state index contributed by atoms with van der Waals surface area (Å²) in [6, 6.07) is 21.6. The van der Waals surface area contributed by atoms with Gasteiger partial charge in [-0.2, -0.15) is 0 Å². The maximum absolute atomic E-state index is 12.4. The third-order valence-corrected chi connectivity index (χ3v) is 3.99. The van der Waals surface area contributed by atoms with Crippen LogP contribution in [0.4, 0.5) is 4.79 Å². The standard InChI is InChI=1S/C23H24N2O2/c1-23(2,3)27-22(26)25-21(18-12-8-5-9-13-18)20-14-19(15-24-16-20)17-10-6-4-7-11-17/h4-16,21H,1-3H3,(H,25,26). The number of rotatable bonds is 4. The van der Waals surface area contributed by atoms with Gasteiger partial charge in [0.25, 0.3) is 0 Å². The lowest BCUT2D eigenvalue weighted by Crippen LogP contribution is -2.35. The van der Waals surface area contributed by atoms with Crippen LogP contribution in [0.15, 0.2) is 79.1 Å². The van der Waals surface area contributed by atoms with E-state index in [4.69, 9.17) is 4.74 Å². The van der Waals surface area contributed by atoms with Crippen molar-refractivity contribution < 1.29 is 9.53 Å². The van der Waals surface area contributed by atoms with E-state index >= 15 is 0 Å². The van der Waals surface area contributed by atoms with E-state index in [0.29, 0.717) is 0 Å². The molecule has 1 amide bonds. The molecule has 1 unspecified atom stereocenters. The zero-order valence-corrected chi connectivity index (χ0v) is 15.8. The number of nitrogens with zero attached hydrogens (tertiary/aromatic N) is 1. The Kier molecular flexibility index (Phi) is 5.55. The summed E-state index contributed by atoms with van der Waals surface area (Å²) in [5, 5.41) is 2.98. The zero-order valence-electron chi connectivity index (χ0n) is 15.8. The van der Waals surface area contributed by atoms with Crippen LogP contribution in [-0.4, -0.2) is 16.7 Å². The molecule has 0 radical (unpaired) electrons. The molecule has 0 spiro atoms. The minimum absolute atomic E-state index is 0.350. The van der Waals surface area contributed by atoms with Crippen molar-refractivity contribution in [3.05, 3.63) is 90.3 Å². The molecular weight excluding hydrogens is 336 g/mol. The third kappa shape index (κ3) is 5.17. The summed E-state index contributed by atoms with van der Waals surface area (Å²) >= 11 is 0. The highest BCUT2D eigenvalue weighted by atomic mass is 16.6. The van der Waals surface area contributed by atoms with Crippen LogP contribution in [-0.2, 0) is 4.74 Å². The fourth-order valence-electron chi connectivity index (χ4n) is 2.83. The van der Waals surface area contributed by atoms with Gasteiger partial charge in [0.1, 0.15) is 5.60 Å². The van der Waals surface area contributed by atoms with E-state index in [1.807, 2.05) is 87.6 Å². The second kappa shape index (κ2) is 8.04.